The van der Waals surface area contributed by atoms with Gasteiger partial charge in [-0.1, -0.05) is 18.2 Å². The third-order valence-corrected chi connectivity index (χ3v) is 2.80. The molecule has 0 bridgehead atoms. The number of para-hydroxylation sites is 1. The van der Waals surface area contributed by atoms with Gasteiger partial charge in [-0.05, 0) is 12.1 Å². The van der Waals surface area contributed by atoms with Crippen molar-refractivity contribution < 1.29 is 4.79 Å². The van der Waals surface area contributed by atoms with Crippen LogP contribution in [-0.4, -0.2) is 15.9 Å². The summed E-state index contributed by atoms with van der Waals surface area (Å²) in [4.78, 5) is 21.3. The molecular weight excluding hydrogens is 266 g/mol. The van der Waals surface area contributed by atoms with E-state index < -0.39 is 0 Å². The highest BCUT2D eigenvalue weighted by Crippen LogP contribution is 2.16. The summed E-state index contributed by atoms with van der Waals surface area (Å²) in [7, 11) is 0. The first-order valence-corrected chi connectivity index (χ1v) is 6.15. The normalized spacial score (nSPS) is 9.48. The Labute approximate surface area is 121 Å². The molecule has 0 fully saturated rings. The molecular formula is C15H11N5O. The maximum Gasteiger partial charge on any atom is 0.224 e. The van der Waals surface area contributed by atoms with Crippen molar-refractivity contribution in [3.8, 4) is 12.1 Å². The molecule has 0 saturated carbocycles. The van der Waals surface area contributed by atoms with Crippen LogP contribution in [0.1, 0.15) is 24.0 Å². The molecule has 1 amide bonds. The fourth-order valence-electron chi connectivity index (χ4n) is 1.82. The van der Waals surface area contributed by atoms with Crippen molar-refractivity contribution in [1.29, 1.82) is 10.5 Å². The van der Waals surface area contributed by atoms with Gasteiger partial charge in [0.25, 0.3) is 0 Å². The zero-order chi connectivity index (χ0) is 15.2. The fourth-order valence-corrected chi connectivity index (χ4v) is 1.82. The molecule has 2 aromatic rings. The number of nitriles is 2. The minimum atomic E-state index is -0.147. The Morgan fingerprint density at radius 1 is 1.19 bits per heavy atom. The molecule has 0 aliphatic heterocycles. The van der Waals surface area contributed by atoms with E-state index in [4.69, 9.17) is 10.5 Å². The van der Waals surface area contributed by atoms with Gasteiger partial charge in [-0.25, -0.2) is 9.97 Å². The second-order valence-corrected chi connectivity index (χ2v) is 4.22. The highest BCUT2D eigenvalue weighted by molar-refractivity contribution is 5.91. The van der Waals surface area contributed by atoms with E-state index in [1.165, 1.54) is 18.0 Å². The van der Waals surface area contributed by atoms with E-state index in [2.05, 4.69) is 9.97 Å². The third-order valence-electron chi connectivity index (χ3n) is 2.80. The molecule has 2 rings (SSSR count). The molecule has 0 aliphatic carbocycles. The molecule has 0 spiro atoms. The lowest BCUT2D eigenvalue weighted by Crippen LogP contribution is -2.28. The number of hydrogen-bond acceptors (Lipinski definition) is 5. The molecule has 0 atom stereocenters. The molecule has 0 radical (unpaired) electrons. The van der Waals surface area contributed by atoms with Crippen LogP contribution >= 0.6 is 0 Å². The van der Waals surface area contributed by atoms with E-state index in [0.717, 1.165) is 5.69 Å². The van der Waals surface area contributed by atoms with Crippen LogP contribution in [0.25, 0.3) is 0 Å². The van der Waals surface area contributed by atoms with Crippen LogP contribution in [-0.2, 0) is 11.3 Å². The average Bonchev–Trinajstić information content (AvgIpc) is 2.52. The number of aromatic nitrogens is 2. The second-order valence-electron chi connectivity index (χ2n) is 4.22. The van der Waals surface area contributed by atoms with Crippen molar-refractivity contribution in [1.82, 2.24) is 9.97 Å². The number of benzene rings is 1. The zero-order valence-corrected chi connectivity index (χ0v) is 11.3. The summed E-state index contributed by atoms with van der Waals surface area (Å²) < 4.78 is 0. The van der Waals surface area contributed by atoms with Gasteiger partial charge >= 0.3 is 0 Å². The lowest BCUT2D eigenvalue weighted by Gasteiger charge is -2.20. The van der Waals surface area contributed by atoms with Gasteiger partial charge in [-0.3, -0.25) is 4.79 Å². The van der Waals surface area contributed by atoms with E-state index >= 15 is 0 Å². The Bertz CT molecular complexity index is 743. The van der Waals surface area contributed by atoms with Gasteiger partial charge in [0.2, 0.25) is 5.91 Å². The quantitative estimate of drug-likeness (QED) is 0.852. The molecule has 6 nitrogen and oxygen atoms in total. The predicted octanol–water partition coefficient (Wildman–Crippen LogP) is 1.77. The molecule has 0 aliphatic rings. The maximum atomic E-state index is 11.8. The van der Waals surface area contributed by atoms with Crippen molar-refractivity contribution in [2.24, 2.45) is 0 Å². The average molecular weight is 277 g/mol. The number of carbonyl (C=O) groups is 1. The van der Waals surface area contributed by atoms with E-state index in [-0.39, 0.29) is 23.8 Å². The molecule has 21 heavy (non-hydrogen) atoms. The molecule has 0 unspecified atom stereocenters. The lowest BCUT2D eigenvalue weighted by molar-refractivity contribution is -0.116. The summed E-state index contributed by atoms with van der Waals surface area (Å²) in [5.74, 6) is -0.147. The van der Waals surface area contributed by atoms with Crippen LogP contribution in [0, 0.1) is 22.7 Å². The van der Waals surface area contributed by atoms with E-state index in [1.54, 1.807) is 6.07 Å². The largest absolute Gasteiger partial charge is 0.307 e. The molecule has 6 heteroatoms. The molecule has 102 valence electrons. The van der Waals surface area contributed by atoms with Crippen LogP contribution in [0.15, 0.2) is 36.5 Å². The minimum Gasteiger partial charge on any atom is -0.307 e. The number of carbonyl (C=O) groups excluding carboxylic acids is 1. The summed E-state index contributed by atoms with van der Waals surface area (Å²) in [6.45, 7) is 1.64. The monoisotopic (exact) mass is 277 g/mol. The number of hydrogen-bond donors (Lipinski definition) is 0. The fraction of sp³-hybridized carbons (Fsp3) is 0.133. The molecule has 0 saturated heterocycles. The Morgan fingerprint density at radius 2 is 1.86 bits per heavy atom. The lowest BCUT2D eigenvalue weighted by atomic mass is 10.2. The van der Waals surface area contributed by atoms with E-state index in [1.807, 2.05) is 36.4 Å². The smallest absolute Gasteiger partial charge is 0.224 e. The van der Waals surface area contributed by atoms with Crippen molar-refractivity contribution >= 4 is 11.6 Å². The number of nitrogens with zero attached hydrogens (tertiary/aromatic N) is 5. The maximum absolute atomic E-state index is 11.8. The summed E-state index contributed by atoms with van der Waals surface area (Å²) in [6.07, 6.45) is 1.40. The molecule has 1 aromatic heterocycles. The Kier molecular flexibility index (Phi) is 4.23. The highest BCUT2D eigenvalue weighted by Gasteiger charge is 2.14. The minimum absolute atomic E-state index is 0.0182. The SMILES string of the molecule is CC(=O)N(Cc1cnc(C#N)c(C#N)n1)c1ccccc1. The summed E-state index contributed by atoms with van der Waals surface area (Å²) in [5, 5.41) is 17.8. The van der Waals surface area contributed by atoms with Gasteiger partial charge in [0, 0.05) is 12.6 Å². The van der Waals surface area contributed by atoms with Gasteiger partial charge in [0.15, 0.2) is 11.4 Å². The van der Waals surface area contributed by atoms with Gasteiger partial charge in [-0.2, -0.15) is 10.5 Å². The number of anilines is 1. The topological polar surface area (TPSA) is 93.7 Å². The Morgan fingerprint density at radius 3 is 2.43 bits per heavy atom. The van der Waals surface area contributed by atoms with Gasteiger partial charge in [-0.15, -0.1) is 0 Å². The van der Waals surface area contributed by atoms with Crippen LogP contribution in [0.4, 0.5) is 5.69 Å². The van der Waals surface area contributed by atoms with Crippen LogP contribution < -0.4 is 4.90 Å². The number of rotatable bonds is 3. The van der Waals surface area contributed by atoms with Crippen LogP contribution in [0.3, 0.4) is 0 Å². The van der Waals surface area contributed by atoms with Crippen LogP contribution in [0.2, 0.25) is 0 Å². The Balaban J connectivity index is 2.33. The van der Waals surface area contributed by atoms with Crippen molar-refractivity contribution in [3.05, 3.63) is 53.6 Å². The zero-order valence-electron chi connectivity index (χ0n) is 11.3. The van der Waals surface area contributed by atoms with E-state index in [0.29, 0.717) is 5.69 Å². The van der Waals surface area contributed by atoms with Gasteiger partial charge < -0.3 is 4.90 Å². The van der Waals surface area contributed by atoms with Crippen LogP contribution in [0.5, 0.6) is 0 Å². The van der Waals surface area contributed by atoms with Crippen molar-refractivity contribution in [2.45, 2.75) is 13.5 Å². The number of amides is 1. The Hall–Kier alpha value is -3.25. The van der Waals surface area contributed by atoms with Gasteiger partial charge in [0.05, 0.1) is 18.4 Å². The second kappa shape index (κ2) is 6.27. The first kappa shape index (κ1) is 14.2. The van der Waals surface area contributed by atoms with Crippen molar-refractivity contribution in [2.75, 3.05) is 4.90 Å². The summed E-state index contributed by atoms with van der Waals surface area (Å²) in [6, 6.07) is 12.8. The third kappa shape index (κ3) is 3.20. The molecule has 1 heterocycles. The first-order chi connectivity index (χ1) is 10.2. The van der Waals surface area contributed by atoms with E-state index in [9.17, 15) is 4.79 Å². The van der Waals surface area contributed by atoms with Gasteiger partial charge in [0.1, 0.15) is 12.1 Å². The standard InChI is InChI=1S/C15H11N5O/c1-11(21)20(13-5-3-2-4-6-13)10-12-9-18-14(7-16)15(8-17)19-12/h2-6,9H,10H2,1H3. The van der Waals surface area contributed by atoms with Crippen molar-refractivity contribution in [3.63, 3.8) is 0 Å². The molecule has 1 aromatic carbocycles. The highest BCUT2D eigenvalue weighted by atomic mass is 16.2. The molecule has 0 N–H and O–H groups in total. The summed E-state index contributed by atoms with van der Waals surface area (Å²) >= 11 is 0. The predicted molar refractivity (Wildman–Crippen MR) is 74.8 cm³/mol. The first-order valence-electron chi connectivity index (χ1n) is 6.15. The summed E-state index contributed by atoms with van der Waals surface area (Å²) in [5.41, 5.74) is 1.13.